The summed E-state index contributed by atoms with van der Waals surface area (Å²) in [7, 11) is 0. The molecule has 0 saturated heterocycles. The van der Waals surface area contributed by atoms with Gasteiger partial charge in [-0.25, -0.2) is 0 Å². The number of fused-ring (bicyclic) bond motifs is 5. The second-order valence-corrected chi connectivity index (χ2v) is 11.4. The van der Waals surface area contributed by atoms with Crippen LogP contribution in [0.15, 0.2) is 42.0 Å². The molecule has 1 aromatic rings. The van der Waals surface area contributed by atoms with Crippen LogP contribution in [0, 0.1) is 34.5 Å². The van der Waals surface area contributed by atoms with Crippen LogP contribution >= 0.6 is 0 Å². The zero-order valence-corrected chi connectivity index (χ0v) is 18.6. The summed E-state index contributed by atoms with van der Waals surface area (Å²) in [5, 5.41) is 10.2. The largest absolute Gasteiger partial charge is 0.393 e. The average Bonchev–Trinajstić information content (AvgIpc) is 3.06. The first-order valence-electron chi connectivity index (χ1n) is 12.4. The maximum atomic E-state index is 10.2. The summed E-state index contributed by atoms with van der Waals surface area (Å²) in [5.41, 5.74) is 4.08. The van der Waals surface area contributed by atoms with E-state index in [2.05, 4.69) is 50.3 Å². The zero-order chi connectivity index (χ0) is 20.1. The van der Waals surface area contributed by atoms with Crippen LogP contribution < -0.4 is 0 Å². The Morgan fingerprint density at radius 1 is 0.966 bits per heavy atom. The topological polar surface area (TPSA) is 20.2 Å². The van der Waals surface area contributed by atoms with Crippen molar-refractivity contribution in [2.24, 2.45) is 34.5 Å². The van der Waals surface area contributed by atoms with Crippen molar-refractivity contribution in [3.63, 3.8) is 0 Å². The van der Waals surface area contributed by atoms with Crippen molar-refractivity contribution in [2.45, 2.75) is 90.6 Å². The Balaban J connectivity index is 1.28. The highest BCUT2D eigenvalue weighted by Crippen LogP contribution is 2.66. The molecule has 0 radical (unpaired) electrons. The summed E-state index contributed by atoms with van der Waals surface area (Å²) in [6.07, 6.45) is 16.8. The Hall–Kier alpha value is -1.08. The Bertz CT molecular complexity index is 751. The van der Waals surface area contributed by atoms with Gasteiger partial charge in [-0.1, -0.05) is 55.8 Å². The number of allylic oxidation sites excluding steroid dienone is 1. The maximum absolute atomic E-state index is 10.2. The molecule has 4 aliphatic carbocycles. The van der Waals surface area contributed by atoms with E-state index in [1.54, 1.807) is 5.57 Å². The first-order valence-corrected chi connectivity index (χ1v) is 12.4. The summed E-state index contributed by atoms with van der Waals surface area (Å²) in [5.74, 6) is 3.64. The van der Waals surface area contributed by atoms with Gasteiger partial charge < -0.3 is 5.11 Å². The molecule has 3 saturated carbocycles. The molecule has 0 aliphatic heterocycles. The number of hydrogen-bond donors (Lipinski definition) is 1. The van der Waals surface area contributed by atoms with Crippen LogP contribution in [0.1, 0.15) is 83.6 Å². The quantitative estimate of drug-likeness (QED) is 0.550. The van der Waals surface area contributed by atoms with Gasteiger partial charge in [0.25, 0.3) is 0 Å². The Morgan fingerprint density at radius 2 is 1.79 bits per heavy atom. The molecule has 0 spiro atoms. The number of rotatable bonds is 4. The summed E-state index contributed by atoms with van der Waals surface area (Å²) < 4.78 is 0. The summed E-state index contributed by atoms with van der Waals surface area (Å²) in [6, 6.07) is 11.1. The molecule has 0 aromatic heterocycles. The van der Waals surface area contributed by atoms with E-state index in [4.69, 9.17) is 0 Å². The van der Waals surface area contributed by atoms with E-state index in [1.807, 2.05) is 0 Å². The third-order valence-electron chi connectivity index (χ3n) is 10.1. The first kappa shape index (κ1) is 19.9. The van der Waals surface area contributed by atoms with Gasteiger partial charge in [-0.2, -0.15) is 0 Å². The molecular weight excluding hydrogens is 352 g/mol. The first-order chi connectivity index (χ1) is 14.0. The Morgan fingerprint density at radius 3 is 2.62 bits per heavy atom. The van der Waals surface area contributed by atoms with Crippen molar-refractivity contribution < 1.29 is 5.11 Å². The molecule has 158 valence electrons. The van der Waals surface area contributed by atoms with Crippen LogP contribution in [0.25, 0.3) is 0 Å². The molecule has 0 heterocycles. The molecule has 1 nitrogen and oxygen atoms in total. The third kappa shape index (κ3) is 3.32. The van der Waals surface area contributed by atoms with Gasteiger partial charge in [-0.05, 0) is 111 Å². The minimum atomic E-state index is -0.0831. The maximum Gasteiger partial charge on any atom is 0.0577 e. The minimum Gasteiger partial charge on any atom is -0.393 e. The van der Waals surface area contributed by atoms with Crippen LogP contribution in [-0.4, -0.2) is 11.2 Å². The van der Waals surface area contributed by atoms with Gasteiger partial charge in [0, 0.05) is 0 Å². The number of aryl methyl sites for hydroxylation is 1. The van der Waals surface area contributed by atoms with E-state index in [9.17, 15) is 5.11 Å². The fraction of sp³-hybridized carbons (Fsp3) is 0.714. The van der Waals surface area contributed by atoms with Crippen molar-refractivity contribution in [1.29, 1.82) is 0 Å². The molecule has 29 heavy (non-hydrogen) atoms. The van der Waals surface area contributed by atoms with Gasteiger partial charge in [-0.3, -0.25) is 0 Å². The number of aliphatic hydroxyl groups is 1. The fourth-order valence-corrected chi connectivity index (χ4v) is 8.42. The lowest BCUT2D eigenvalue weighted by atomic mass is 9.47. The molecule has 1 aromatic carbocycles. The minimum absolute atomic E-state index is 0.0831. The van der Waals surface area contributed by atoms with Crippen LogP contribution in [0.3, 0.4) is 0 Å². The smallest absolute Gasteiger partial charge is 0.0577 e. The highest BCUT2D eigenvalue weighted by Gasteiger charge is 2.58. The molecule has 7 atom stereocenters. The van der Waals surface area contributed by atoms with Gasteiger partial charge in [0.2, 0.25) is 0 Å². The standard InChI is InChI=1S/C28H40O/c1-27-18-16-26-24(13-11-22-19-23(29)15-17-28(22,26)2)25(27)14-12-21(27)10-6-9-20-7-4-3-5-8-20/h3-5,7-8,11,21,23-26,29H,6,9-10,12-19H2,1-2H3/t21?,23-,24-,25?,26?,27+,28-/m0/s1. The summed E-state index contributed by atoms with van der Waals surface area (Å²) in [4.78, 5) is 0. The van der Waals surface area contributed by atoms with E-state index >= 15 is 0 Å². The fourth-order valence-electron chi connectivity index (χ4n) is 8.42. The van der Waals surface area contributed by atoms with Crippen molar-refractivity contribution in [3.05, 3.63) is 47.5 Å². The van der Waals surface area contributed by atoms with Crippen LogP contribution in [0.4, 0.5) is 0 Å². The van der Waals surface area contributed by atoms with Gasteiger partial charge in [0.15, 0.2) is 0 Å². The monoisotopic (exact) mass is 392 g/mol. The van der Waals surface area contributed by atoms with Gasteiger partial charge >= 0.3 is 0 Å². The molecule has 4 aliphatic rings. The molecule has 1 N–H and O–H groups in total. The van der Waals surface area contributed by atoms with Crippen LogP contribution in [0.2, 0.25) is 0 Å². The molecule has 5 rings (SSSR count). The predicted octanol–water partition coefficient (Wildman–Crippen LogP) is 6.95. The lowest BCUT2D eigenvalue weighted by Gasteiger charge is -2.58. The zero-order valence-electron chi connectivity index (χ0n) is 18.6. The van der Waals surface area contributed by atoms with Crippen molar-refractivity contribution >= 4 is 0 Å². The average molecular weight is 393 g/mol. The number of hydrogen-bond acceptors (Lipinski definition) is 1. The molecule has 3 unspecified atom stereocenters. The second-order valence-electron chi connectivity index (χ2n) is 11.4. The van der Waals surface area contributed by atoms with E-state index < -0.39 is 0 Å². The van der Waals surface area contributed by atoms with Gasteiger partial charge in [0.1, 0.15) is 0 Å². The molecular formula is C28H40O. The van der Waals surface area contributed by atoms with E-state index in [0.717, 1.165) is 36.5 Å². The highest BCUT2D eigenvalue weighted by molar-refractivity contribution is 5.25. The van der Waals surface area contributed by atoms with E-state index in [1.165, 1.54) is 63.4 Å². The van der Waals surface area contributed by atoms with Crippen molar-refractivity contribution in [3.8, 4) is 0 Å². The molecule has 3 fully saturated rings. The normalized spacial score (nSPS) is 43.8. The third-order valence-corrected chi connectivity index (χ3v) is 10.1. The Labute approximate surface area is 178 Å². The second kappa shape index (κ2) is 7.56. The van der Waals surface area contributed by atoms with Crippen LogP contribution in [-0.2, 0) is 6.42 Å². The number of aliphatic hydroxyl groups excluding tert-OH is 1. The number of benzene rings is 1. The Kier molecular flexibility index (Phi) is 5.18. The summed E-state index contributed by atoms with van der Waals surface area (Å²) in [6.45, 7) is 5.22. The SMILES string of the molecule is C[C@]12CCC3[C@@H](CC=C4C[C@@H](O)CC[C@@]43C)C1CCC2CCCc1ccccc1. The molecule has 0 amide bonds. The van der Waals surface area contributed by atoms with Gasteiger partial charge in [-0.15, -0.1) is 0 Å². The van der Waals surface area contributed by atoms with E-state index in [-0.39, 0.29) is 6.10 Å². The predicted molar refractivity (Wildman–Crippen MR) is 121 cm³/mol. The molecule has 0 bridgehead atoms. The highest BCUT2D eigenvalue weighted by atomic mass is 16.3. The lowest BCUT2D eigenvalue weighted by Crippen LogP contribution is -2.50. The molecule has 1 heteroatoms. The van der Waals surface area contributed by atoms with Gasteiger partial charge in [0.05, 0.1) is 6.10 Å². The van der Waals surface area contributed by atoms with E-state index in [0.29, 0.717) is 10.8 Å². The van der Waals surface area contributed by atoms with Crippen LogP contribution in [0.5, 0.6) is 0 Å². The van der Waals surface area contributed by atoms with Crippen molar-refractivity contribution in [1.82, 2.24) is 0 Å². The van der Waals surface area contributed by atoms with Crippen molar-refractivity contribution in [2.75, 3.05) is 0 Å². The summed E-state index contributed by atoms with van der Waals surface area (Å²) >= 11 is 0. The lowest BCUT2D eigenvalue weighted by molar-refractivity contribution is -0.0508.